The lowest BCUT2D eigenvalue weighted by Crippen LogP contribution is -2.37. The minimum absolute atomic E-state index is 0.00190. The molecule has 1 unspecified atom stereocenters. The maximum atomic E-state index is 12.1. The molecule has 0 aliphatic rings. The molecule has 0 saturated heterocycles. The molecule has 0 bridgehead atoms. The minimum atomic E-state index is -0.00190. The molecule has 0 radical (unpaired) electrons. The SMILES string of the molecule is COCCn1c(SCC(=O)NC(C)C(C)C)nnc1-c1ccncc1. The fourth-order valence-corrected chi connectivity index (χ4v) is 2.86. The second-order valence-corrected chi connectivity index (χ2v) is 7.02. The number of aromatic nitrogens is 4. The van der Waals surface area contributed by atoms with Gasteiger partial charge in [-0.2, -0.15) is 0 Å². The number of carbonyl (C=O) groups excluding carboxylic acids is 1. The van der Waals surface area contributed by atoms with Gasteiger partial charge in [0, 0.05) is 31.1 Å². The van der Waals surface area contributed by atoms with Crippen molar-refractivity contribution >= 4 is 17.7 Å². The summed E-state index contributed by atoms with van der Waals surface area (Å²) >= 11 is 1.38. The summed E-state index contributed by atoms with van der Waals surface area (Å²) in [5.74, 6) is 1.45. The molecule has 0 aliphatic heterocycles. The molecule has 0 aliphatic carbocycles. The third-order valence-corrected chi connectivity index (χ3v) is 4.86. The molecular formula is C17H25N5O2S. The predicted molar refractivity (Wildman–Crippen MR) is 98.3 cm³/mol. The minimum Gasteiger partial charge on any atom is -0.383 e. The topological polar surface area (TPSA) is 81.9 Å². The molecule has 2 aromatic heterocycles. The van der Waals surface area contributed by atoms with E-state index in [1.807, 2.05) is 23.6 Å². The second-order valence-electron chi connectivity index (χ2n) is 6.08. The summed E-state index contributed by atoms with van der Waals surface area (Å²) in [7, 11) is 1.66. The number of rotatable bonds is 9. The van der Waals surface area contributed by atoms with Crippen LogP contribution in [0.3, 0.4) is 0 Å². The molecule has 2 aromatic rings. The highest BCUT2D eigenvalue weighted by Crippen LogP contribution is 2.23. The van der Waals surface area contributed by atoms with E-state index >= 15 is 0 Å². The molecule has 1 atom stereocenters. The van der Waals surface area contributed by atoms with Crippen molar-refractivity contribution < 1.29 is 9.53 Å². The lowest BCUT2D eigenvalue weighted by molar-refractivity contribution is -0.119. The zero-order valence-electron chi connectivity index (χ0n) is 15.1. The molecule has 7 nitrogen and oxygen atoms in total. The highest BCUT2D eigenvalue weighted by Gasteiger charge is 2.16. The summed E-state index contributed by atoms with van der Waals surface area (Å²) in [6.07, 6.45) is 3.44. The highest BCUT2D eigenvalue weighted by atomic mass is 32.2. The van der Waals surface area contributed by atoms with Crippen LogP contribution in [0.2, 0.25) is 0 Å². The summed E-state index contributed by atoms with van der Waals surface area (Å²) in [6, 6.07) is 3.92. The summed E-state index contributed by atoms with van der Waals surface area (Å²) in [4.78, 5) is 16.1. The molecule has 0 saturated carbocycles. The van der Waals surface area contributed by atoms with Crippen molar-refractivity contribution in [3.63, 3.8) is 0 Å². The maximum absolute atomic E-state index is 12.1. The van der Waals surface area contributed by atoms with Crippen LogP contribution in [-0.4, -0.2) is 51.2 Å². The number of amides is 1. The van der Waals surface area contributed by atoms with Crippen molar-refractivity contribution in [1.82, 2.24) is 25.1 Å². The summed E-state index contributed by atoms with van der Waals surface area (Å²) in [5, 5.41) is 12.2. The Kier molecular flexibility index (Phi) is 7.39. The van der Waals surface area contributed by atoms with Crippen molar-refractivity contribution in [3.8, 4) is 11.4 Å². The molecule has 8 heteroatoms. The van der Waals surface area contributed by atoms with Gasteiger partial charge in [-0.25, -0.2) is 0 Å². The van der Waals surface area contributed by atoms with E-state index in [9.17, 15) is 4.79 Å². The van der Waals surface area contributed by atoms with Gasteiger partial charge in [0.05, 0.1) is 18.9 Å². The van der Waals surface area contributed by atoms with Gasteiger partial charge in [-0.3, -0.25) is 14.3 Å². The van der Waals surface area contributed by atoms with E-state index < -0.39 is 0 Å². The van der Waals surface area contributed by atoms with Gasteiger partial charge in [0.1, 0.15) is 0 Å². The molecule has 0 spiro atoms. The molecule has 1 amide bonds. The van der Waals surface area contributed by atoms with E-state index in [4.69, 9.17) is 4.74 Å². The smallest absolute Gasteiger partial charge is 0.230 e. The Morgan fingerprint density at radius 3 is 2.64 bits per heavy atom. The van der Waals surface area contributed by atoms with E-state index in [-0.39, 0.29) is 11.9 Å². The molecule has 0 aromatic carbocycles. The van der Waals surface area contributed by atoms with Crippen molar-refractivity contribution in [3.05, 3.63) is 24.5 Å². The summed E-state index contributed by atoms with van der Waals surface area (Å²) in [5.41, 5.74) is 0.934. The Labute approximate surface area is 152 Å². The van der Waals surface area contributed by atoms with E-state index in [1.54, 1.807) is 19.5 Å². The van der Waals surface area contributed by atoms with Gasteiger partial charge >= 0.3 is 0 Å². The largest absolute Gasteiger partial charge is 0.383 e. The van der Waals surface area contributed by atoms with Gasteiger partial charge in [-0.05, 0) is 25.0 Å². The number of carbonyl (C=O) groups is 1. The zero-order valence-corrected chi connectivity index (χ0v) is 15.9. The van der Waals surface area contributed by atoms with Crippen molar-refractivity contribution in [2.24, 2.45) is 5.92 Å². The van der Waals surface area contributed by atoms with E-state index in [1.165, 1.54) is 11.8 Å². The van der Waals surface area contributed by atoms with Crippen LogP contribution >= 0.6 is 11.8 Å². The first-order valence-corrected chi connectivity index (χ1v) is 9.26. The van der Waals surface area contributed by atoms with Gasteiger partial charge in [-0.1, -0.05) is 25.6 Å². The quantitative estimate of drug-likeness (QED) is 0.688. The van der Waals surface area contributed by atoms with E-state index in [2.05, 4.69) is 34.3 Å². The number of thioether (sulfide) groups is 1. The van der Waals surface area contributed by atoms with E-state index in [0.717, 1.165) is 11.4 Å². The average Bonchev–Trinajstić information content (AvgIpc) is 3.01. The van der Waals surface area contributed by atoms with Crippen LogP contribution in [0.5, 0.6) is 0 Å². The van der Waals surface area contributed by atoms with Crippen molar-refractivity contribution in [2.45, 2.75) is 38.5 Å². The van der Waals surface area contributed by atoms with Gasteiger partial charge in [-0.15, -0.1) is 10.2 Å². The molecule has 136 valence electrons. The molecule has 2 rings (SSSR count). The monoisotopic (exact) mass is 363 g/mol. The first-order valence-electron chi connectivity index (χ1n) is 8.27. The van der Waals surface area contributed by atoms with Gasteiger partial charge in [0.2, 0.25) is 5.91 Å². The molecule has 0 fully saturated rings. The number of ether oxygens (including phenoxy) is 1. The van der Waals surface area contributed by atoms with Crippen LogP contribution in [0, 0.1) is 5.92 Å². The van der Waals surface area contributed by atoms with Crippen LogP contribution in [-0.2, 0) is 16.1 Å². The molecular weight excluding hydrogens is 338 g/mol. The Balaban J connectivity index is 2.09. The summed E-state index contributed by atoms with van der Waals surface area (Å²) < 4.78 is 7.16. The standard InChI is InChI=1S/C17H25N5O2S/c1-12(2)13(3)19-15(23)11-25-17-21-20-16(22(17)9-10-24-4)14-5-7-18-8-6-14/h5-8,12-13H,9-11H2,1-4H3,(H,19,23). The van der Waals surface area contributed by atoms with Crippen LogP contribution in [0.1, 0.15) is 20.8 Å². The number of hydrogen-bond donors (Lipinski definition) is 1. The van der Waals surface area contributed by atoms with Gasteiger partial charge < -0.3 is 10.1 Å². The Morgan fingerprint density at radius 1 is 1.28 bits per heavy atom. The highest BCUT2D eigenvalue weighted by molar-refractivity contribution is 7.99. The van der Waals surface area contributed by atoms with Crippen LogP contribution in [0.25, 0.3) is 11.4 Å². The van der Waals surface area contributed by atoms with Crippen molar-refractivity contribution in [2.75, 3.05) is 19.5 Å². The lowest BCUT2D eigenvalue weighted by atomic mass is 10.1. The normalized spacial score (nSPS) is 12.4. The predicted octanol–water partition coefficient (Wildman–Crippen LogP) is 2.24. The maximum Gasteiger partial charge on any atom is 0.230 e. The molecule has 2 heterocycles. The fourth-order valence-electron chi connectivity index (χ4n) is 2.09. The fraction of sp³-hybridized carbons (Fsp3) is 0.529. The molecule has 1 N–H and O–H groups in total. The molecule has 25 heavy (non-hydrogen) atoms. The Morgan fingerprint density at radius 2 is 2.00 bits per heavy atom. The van der Waals surface area contributed by atoms with Crippen LogP contribution < -0.4 is 5.32 Å². The zero-order chi connectivity index (χ0) is 18.2. The first kappa shape index (κ1) is 19.4. The van der Waals surface area contributed by atoms with Gasteiger partial charge in [0.15, 0.2) is 11.0 Å². The first-order chi connectivity index (χ1) is 12.0. The summed E-state index contributed by atoms with van der Waals surface area (Å²) in [6.45, 7) is 7.34. The number of nitrogens with one attached hydrogen (secondary N) is 1. The number of methoxy groups -OCH3 is 1. The Bertz CT molecular complexity index is 675. The third kappa shape index (κ3) is 5.54. The second kappa shape index (κ2) is 9.53. The van der Waals surface area contributed by atoms with Crippen LogP contribution in [0.4, 0.5) is 0 Å². The number of nitrogens with zero attached hydrogens (tertiary/aromatic N) is 4. The third-order valence-electron chi connectivity index (χ3n) is 3.90. The van der Waals surface area contributed by atoms with Crippen LogP contribution in [0.15, 0.2) is 29.7 Å². The average molecular weight is 363 g/mol. The number of hydrogen-bond acceptors (Lipinski definition) is 6. The van der Waals surface area contributed by atoms with Gasteiger partial charge in [0.25, 0.3) is 0 Å². The van der Waals surface area contributed by atoms with E-state index in [0.29, 0.717) is 30.0 Å². The lowest BCUT2D eigenvalue weighted by Gasteiger charge is -2.17. The van der Waals surface area contributed by atoms with Crippen molar-refractivity contribution in [1.29, 1.82) is 0 Å². The Hall–Kier alpha value is -1.93. The number of pyridine rings is 1.